The topological polar surface area (TPSA) is 76.2 Å². The van der Waals surface area contributed by atoms with Crippen LogP contribution in [0.25, 0.3) is 160 Å². The highest BCUT2D eigenvalue weighted by Gasteiger charge is 2.22. The maximum Gasteiger partial charge on any atom is 0.0963 e. The van der Waals surface area contributed by atoms with Crippen molar-refractivity contribution in [2.45, 2.75) is 6.42 Å². The third-order valence-corrected chi connectivity index (χ3v) is 18.5. The van der Waals surface area contributed by atoms with E-state index in [0.29, 0.717) is 0 Å². The van der Waals surface area contributed by atoms with Crippen LogP contribution in [-0.2, 0) is 6.42 Å². The van der Waals surface area contributed by atoms with Crippen molar-refractivity contribution in [1.29, 1.82) is 0 Å². The van der Waals surface area contributed by atoms with E-state index in [1.807, 2.05) is 49.1 Å². The molecular weight excluding hydrogens is 1100 g/mol. The van der Waals surface area contributed by atoms with E-state index in [9.17, 15) is 0 Å². The van der Waals surface area contributed by atoms with Gasteiger partial charge in [-0.15, -0.1) is 0 Å². The molecule has 0 unspecified atom stereocenters. The van der Waals surface area contributed by atoms with Crippen molar-refractivity contribution in [3.8, 4) is 50.7 Å². The molecule has 0 fully saturated rings. The van der Waals surface area contributed by atoms with E-state index in [0.717, 1.165) is 150 Å². The summed E-state index contributed by atoms with van der Waals surface area (Å²) in [5.74, 6) is 0. The van der Waals surface area contributed by atoms with Gasteiger partial charge in [0.15, 0.2) is 0 Å². The first-order chi connectivity index (χ1) is 44.6. The highest BCUT2D eigenvalue weighted by atomic mass is 15.0. The Morgan fingerprint density at radius 1 is 0.200 bits per heavy atom. The maximum atomic E-state index is 5.10. The molecule has 19 aromatic rings. The third-order valence-electron chi connectivity index (χ3n) is 18.5. The van der Waals surface area contributed by atoms with Crippen molar-refractivity contribution in [3.63, 3.8) is 0 Å². The number of hydrogen-bond donors (Lipinski definition) is 0. The molecule has 0 saturated carbocycles. The number of pyridine rings is 4. The number of hydrogen-bond acceptors (Lipinski definition) is 4. The van der Waals surface area contributed by atoms with E-state index in [4.69, 9.17) is 19.9 Å². The Kier molecular flexibility index (Phi) is 10.9. The smallest absolute Gasteiger partial charge is 0.0963 e. The van der Waals surface area contributed by atoms with E-state index in [-0.39, 0.29) is 0 Å². The molecule has 0 N–H and O–H groups in total. The molecule has 19 rings (SSSR count). The van der Waals surface area contributed by atoms with Crippen LogP contribution in [0.3, 0.4) is 0 Å². The van der Waals surface area contributed by atoms with Gasteiger partial charge in [0.05, 0.1) is 77.2 Å². The summed E-state index contributed by atoms with van der Waals surface area (Å²) in [5, 5.41) is 6.82. The zero-order valence-electron chi connectivity index (χ0n) is 48.5. The second kappa shape index (κ2) is 19.7. The Bertz CT molecular complexity index is 6000. The number of nitrogens with zero attached hydrogens (tertiary/aromatic N) is 9. The van der Waals surface area contributed by atoms with Crippen molar-refractivity contribution in [2.24, 2.45) is 0 Å². The van der Waals surface area contributed by atoms with E-state index < -0.39 is 0 Å². The van der Waals surface area contributed by atoms with Crippen LogP contribution >= 0.6 is 0 Å². The van der Waals surface area contributed by atoms with Crippen LogP contribution in [0.4, 0.5) is 0 Å². The molecule has 9 nitrogen and oxygen atoms in total. The summed E-state index contributed by atoms with van der Waals surface area (Å²) in [4.78, 5) is 19.6. The first-order valence-electron chi connectivity index (χ1n) is 30.5. The van der Waals surface area contributed by atoms with E-state index >= 15 is 0 Å². The molecule has 9 heteroatoms. The first kappa shape index (κ1) is 50.0. The molecule has 10 aromatic carbocycles. The first-order valence-corrected chi connectivity index (χ1v) is 30.5. The van der Waals surface area contributed by atoms with Crippen LogP contribution in [-0.4, -0.2) is 42.8 Å². The highest BCUT2D eigenvalue weighted by Crippen LogP contribution is 2.42. The van der Waals surface area contributed by atoms with Gasteiger partial charge in [-0.3, -0.25) is 19.9 Å². The summed E-state index contributed by atoms with van der Waals surface area (Å²) < 4.78 is 11.8. The Hall–Kier alpha value is -12.2. The predicted molar refractivity (Wildman–Crippen MR) is 369 cm³/mol. The minimum absolute atomic E-state index is 0.824. The lowest BCUT2D eigenvalue weighted by molar-refractivity contribution is 1.15. The van der Waals surface area contributed by atoms with Gasteiger partial charge in [-0.1, -0.05) is 115 Å². The van der Waals surface area contributed by atoms with Crippen molar-refractivity contribution >= 4 is 110 Å². The lowest BCUT2D eigenvalue weighted by Gasteiger charge is -2.11. The maximum absolute atomic E-state index is 5.10. The second-order valence-corrected chi connectivity index (χ2v) is 23.5. The zero-order valence-corrected chi connectivity index (χ0v) is 48.5. The summed E-state index contributed by atoms with van der Waals surface area (Å²) in [6.07, 6.45) is 8.38. The van der Waals surface area contributed by atoms with Gasteiger partial charge in [0.25, 0.3) is 0 Å². The molecule has 90 heavy (non-hydrogen) atoms. The lowest BCUT2D eigenvalue weighted by atomic mass is 10.00. The van der Waals surface area contributed by atoms with Crippen LogP contribution in [0, 0.1) is 0 Å². The average Bonchev–Trinajstić information content (AvgIpc) is 1.64. The molecule has 0 amide bonds. The fourth-order valence-corrected chi connectivity index (χ4v) is 14.5. The quantitative estimate of drug-likeness (QED) is 0.144. The molecule has 0 spiro atoms. The third kappa shape index (κ3) is 7.63. The molecule has 0 aliphatic carbocycles. The largest absolute Gasteiger partial charge is 0.309 e. The molecule has 420 valence electrons. The van der Waals surface area contributed by atoms with Crippen molar-refractivity contribution in [2.75, 3.05) is 0 Å². The second-order valence-electron chi connectivity index (χ2n) is 23.5. The fourth-order valence-electron chi connectivity index (χ4n) is 14.5. The standard InChI is InChI=1S/C81H51N9/c1-2-12-57(13-3-1)86-70-40-36-60(89-69-17-7-5-15-63(69)79-75(89)20-10-43-83-79)49-65(70)66-50-61(37-41-71(66)86)90-72-39-31-55(47-67(72)81-76(90)21-11-45-85-81)56-30-38-64-77(48-56)88(74-19-9-44-84-80(64)74)58-32-24-52(25-33-58)46-51-22-26-53(27-23-51)54-28-34-59(35-29-54)87-68-16-6-4-14-62(68)78-73(87)18-8-42-82-78/h1-45,47-50H,46H2. The summed E-state index contributed by atoms with van der Waals surface area (Å²) in [6.45, 7) is 0. The summed E-state index contributed by atoms with van der Waals surface area (Å²) in [6, 6.07) is 98.9. The number of benzene rings is 10. The zero-order chi connectivity index (χ0) is 59.0. The Balaban J connectivity index is 0.655. The van der Waals surface area contributed by atoms with Crippen LogP contribution in [0.5, 0.6) is 0 Å². The molecule has 0 atom stereocenters. The molecule has 0 saturated heterocycles. The Labute approximate surface area is 515 Å². The van der Waals surface area contributed by atoms with Gasteiger partial charge in [-0.05, 0) is 198 Å². The van der Waals surface area contributed by atoms with Crippen LogP contribution in [0.1, 0.15) is 11.1 Å². The molecule has 0 aliphatic rings. The van der Waals surface area contributed by atoms with Gasteiger partial charge >= 0.3 is 0 Å². The normalized spacial score (nSPS) is 12.0. The molecular formula is C81H51N9. The van der Waals surface area contributed by atoms with E-state index in [1.54, 1.807) is 0 Å². The van der Waals surface area contributed by atoms with Gasteiger partial charge in [-0.2, -0.15) is 0 Å². The summed E-state index contributed by atoms with van der Waals surface area (Å²) in [7, 11) is 0. The minimum Gasteiger partial charge on any atom is -0.309 e. The van der Waals surface area contributed by atoms with Crippen LogP contribution in [0.2, 0.25) is 0 Å². The van der Waals surface area contributed by atoms with Gasteiger partial charge < -0.3 is 22.8 Å². The number of para-hydroxylation sites is 3. The molecule has 0 bridgehead atoms. The van der Waals surface area contributed by atoms with Gasteiger partial charge in [0, 0.05) is 85.5 Å². The lowest BCUT2D eigenvalue weighted by Crippen LogP contribution is -1.96. The minimum atomic E-state index is 0.824. The van der Waals surface area contributed by atoms with Crippen LogP contribution < -0.4 is 0 Å². The number of fused-ring (bicyclic) bond motifs is 15. The van der Waals surface area contributed by atoms with Gasteiger partial charge in [0.1, 0.15) is 0 Å². The number of aromatic nitrogens is 9. The molecule has 9 heterocycles. The van der Waals surface area contributed by atoms with Crippen molar-refractivity contribution in [3.05, 3.63) is 309 Å². The summed E-state index contributed by atoms with van der Waals surface area (Å²) >= 11 is 0. The van der Waals surface area contributed by atoms with E-state index in [2.05, 4.69) is 272 Å². The monoisotopic (exact) mass is 1150 g/mol. The van der Waals surface area contributed by atoms with Gasteiger partial charge in [-0.25, -0.2) is 0 Å². The van der Waals surface area contributed by atoms with Crippen molar-refractivity contribution < 1.29 is 0 Å². The Morgan fingerprint density at radius 3 is 1.08 bits per heavy atom. The average molecular weight is 1150 g/mol. The predicted octanol–water partition coefficient (Wildman–Crippen LogP) is 19.7. The van der Waals surface area contributed by atoms with Gasteiger partial charge in [0.2, 0.25) is 0 Å². The SMILES string of the molecule is c1ccc(-n2c3ccc(-n4c5ccccc5c5ncccc54)cc3c3cc(-n4c5ccc(-c6ccc7c8ncccc8n(-c8ccc(Cc9ccc(-c%10ccc(-n%11c%12ccccc%12c%12ncccc%12%11)cc%10)cc9)cc8)c7c6)cc5c5ncccc54)ccc32)cc1. The Morgan fingerprint density at radius 2 is 0.533 bits per heavy atom. The summed E-state index contributed by atoms with van der Waals surface area (Å²) in [5.41, 5.74) is 27.6. The molecule has 0 aliphatic heterocycles. The molecule has 9 aromatic heterocycles. The number of rotatable bonds is 9. The van der Waals surface area contributed by atoms with Crippen LogP contribution in [0.15, 0.2) is 298 Å². The highest BCUT2D eigenvalue weighted by molar-refractivity contribution is 6.14. The molecule has 0 radical (unpaired) electrons. The van der Waals surface area contributed by atoms with E-state index in [1.165, 1.54) is 27.6 Å². The van der Waals surface area contributed by atoms with Crippen molar-refractivity contribution in [1.82, 2.24) is 42.8 Å². The fraction of sp³-hybridized carbons (Fsp3) is 0.0123.